The molecule has 1 unspecified atom stereocenters. The van der Waals surface area contributed by atoms with Gasteiger partial charge in [-0.05, 0) is 61.2 Å². The number of hydrogen-bond acceptors (Lipinski definition) is 2. The van der Waals surface area contributed by atoms with Gasteiger partial charge in [0.25, 0.3) is 5.91 Å². The fraction of sp³-hybridized carbons (Fsp3) is 0.500. The number of rotatable bonds is 5. The van der Waals surface area contributed by atoms with Crippen molar-refractivity contribution in [3.63, 3.8) is 0 Å². The Morgan fingerprint density at radius 1 is 1.12 bits per heavy atom. The van der Waals surface area contributed by atoms with Crippen molar-refractivity contribution in [3.05, 3.63) is 59.4 Å². The van der Waals surface area contributed by atoms with Gasteiger partial charge in [-0.3, -0.25) is 9.69 Å². The quantitative estimate of drug-likeness (QED) is 0.885. The summed E-state index contributed by atoms with van der Waals surface area (Å²) in [6.07, 6.45) is 4.55. The Bertz CT molecular complexity index is 733. The van der Waals surface area contributed by atoms with Crippen LogP contribution in [-0.4, -0.2) is 35.0 Å². The standard InChI is InChI=1S/C22H31N3O/c1-22(2,3)18-11-9-17(10-12-18)21(26)23-16-20(25-14-5-6-15-25)19-8-7-13-24(19)4/h7-13,20H,5-6,14-16H2,1-4H3,(H,23,26). The Labute approximate surface area is 157 Å². The van der Waals surface area contributed by atoms with Crippen molar-refractivity contribution in [1.82, 2.24) is 14.8 Å². The first-order valence-corrected chi connectivity index (χ1v) is 9.60. The van der Waals surface area contributed by atoms with Crippen molar-refractivity contribution in [1.29, 1.82) is 0 Å². The van der Waals surface area contributed by atoms with E-state index in [1.165, 1.54) is 24.1 Å². The summed E-state index contributed by atoms with van der Waals surface area (Å²) in [5.41, 5.74) is 3.33. The van der Waals surface area contributed by atoms with Crippen LogP contribution in [0.4, 0.5) is 0 Å². The van der Waals surface area contributed by atoms with Gasteiger partial charge < -0.3 is 9.88 Å². The van der Waals surface area contributed by atoms with Gasteiger partial charge in [-0.1, -0.05) is 32.9 Å². The van der Waals surface area contributed by atoms with Gasteiger partial charge in [0.05, 0.1) is 6.04 Å². The molecule has 0 saturated carbocycles. The number of amides is 1. The third-order valence-electron chi connectivity index (χ3n) is 5.38. The van der Waals surface area contributed by atoms with E-state index in [9.17, 15) is 4.79 Å². The Kier molecular flexibility index (Phi) is 5.52. The minimum Gasteiger partial charge on any atom is -0.353 e. The highest BCUT2D eigenvalue weighted by Crippen LogP contribution is 2.25. The molecule has 2 aromatic rings. The maximum atomic E-state index is 12.6. The average Bonchev–Trinajstić information content (AvgIpc) is 3.27. The van der Waals surface area contributed by atoms with Gasteiger partial charge in [0.15, 0.2) is 0 Å². The fourth-order valence-corrected chi connectivity index (χ4v) is 3.71. The molecule has 1 aliphatic heterocycles. The molecule has 0 radical (unpaired) electrons. The van der Waals surface area contributed by atoms with Crippen LogP contribution in [0, 0.1) is 0 Å². The highest BCUT2D eigenvalue weighted by atomic mass is 16.1. The molecule has 1 fully saturated rings. The first kappa shape index (κ1) is 18.7. The van der Waals surface area contributed by atoms with Crippen LogP contribution in [-0.2, 0) is 12.5 Å². The van der Waals surface area contributed by atoms with Crippen molar-refractivity contribution >= 4 is 5.91 Å². The van der Waals surface area contributed by atoms with Crippen LogP contribution in [0.25, 0.3) is 0 Å². The minimum absolute atomic E-state index is 0.00358. The van der Waals surface area contributed by atoms with E-state index >= 15 is 0 Å². The molecule has 0 bridgehead atoms. The van der Waals surface area contributed by atoms with Crippen LogP contribution < -0.4 is 5.32 Å². The molecule has 4 nitrogen and oxygen atoms in total. The van der Waals surface area contributed by atoms with Gasteiger partial charge in [0, 0.05) is 31.0 Å². The largest absolute Gasteiger partial charge is 0.353 e. The molecule has 1 N–H and O–H groups in total. The lowest BCUT2D eigenvalue weighted by molar-refractivity contribution is 0.0936. The normalized spacial score (nSPS) is 16.6. The molecule has 1 aromatic heterocycles. The Balaban J connectivity index is 1.68. The number of carbonyl (C=O) groups is 1. The van der Waals surface area contributed by atoms with Crippen molar-refractivity contribution in [2.24, 2.45) is 7.05 Å². The van der Waals surface area contributed by atoms with Crippen molar-refractivity contribution in [2.45, 2.75) is 45.1 Å². The van der Waals surface area contributed by atoms with Crippen LogP contribution in [0.3, 0.4) is 0 Å². The van der Waals surface area contributed by atoms with Crippen molar-refractivity contribution < 1.29 is 4.79 Å². The Morgan fingerprint density at radius 3 is 2.31 bits per heavy atom. The summed E-state index contributed by atoms with van der Waals surface area (Å²) in [5.74, 6) is 0.00358. The van der Waals surface area contributed by atoms with Gasteiger partial charge in [-0.15, -0.1) is 0 Å². The highest BCUT2D eigenvalue weighted by molar-refractivity contribution is 5.94. The van der Waals surface area contributed by atoms with E-state index in [4.69, 9.17) is 0 Å². The smallest absolute Gasteiger partial charge is 0.251 e. The topological polar surface area (TPSA) is 37.3 Å². The number of likely N-dealkylation sites (tertiary alicyclic amines) is 1. The van der Waals surface area contributed by atoms with Gasteiger partial charge in [0.1, 0.15) is 0 Å². The van der Waals surface area contributed by atoms with E-state index in [1.54, 1.807) is 0 Å². The zero-order valence-electron chi connectivity index (χ0n) is 16.5. The van der Waals surface area contributed by atoms with Gasteiger partial charge in [-0.2, -0.15) is 0 Å². The summed E-state index contributed by atoms with van der Waals surface area (Å²) >= 11 is 0. The summed E-state index contributed by atoms with van der Waals surface area (Å²) < 4.78 is 2.16. The van der Waals surface area contributed by atoms with E-state index in [0.717, 1.165) is 18.7 Å². The molecule has 1 aliphatic rings. The van der Waals surface area contributed by atoms with Crippen LogP contribution in [0.2, 0.25) is 0 Å². The molecule has 1 atom stereocenters. The fourth-order valence-electron chi connectivity index (χ4n) is 3.71. The number of nitrogens with one attached hydrogen (secondary N) is 1. The predicted molar refractivity (Wildman–Crippen MR) is 106 cm³/mol. The molecule has 4 heteroatoms. The second kappa shape index (κ2) is 7.67. The van der Waals surface area contributed by atoms with Gasteiger partial charge in [-0.25, -0.2) is 0 Å². The SMILES string of the molecule is Cn1cccc1C(CNC(=O)c1ccc(C(C)(C)C)cc1)N1CCCC1. The van der Waals surface area contributed by atoms with E-state index in [1.807, 2.05) is 12.1 Å². The Morgan fingerprint density at radius 2 is 1.77 bits per heavy atom. The lowest BCUT2D eigenvalue weighted by Crippen LogP contribution is -2.37. The maximum absolute atomic E-state index is 12.6. The van der Waals surface area contributed by atoms with E-state index < -0.39 is 0 Å². The molecule has 1 saturated heterocycles. The van der Waals surface area contributed by atoms with Crippen LogP contribution >= 0.6 is 0 Å². The number of nitrogens with zero attached hydrogens (tertiary/aromatic N) is 2. The molecule has 3 rings (SSSR count). The summed E-state index contributed by atoms with van der Waals surface area (Å²) in [6.45, 7) is 9.39. The van der Waals surface area contributed by atoms with Crippen LogP contribution in [0.5, 0.6) is 0 Å². The first-order valence-electron chi connectivity index (χ1n) is 9.60. The molecule has 1 amide bonds. The molecular weight excluding hydrogens is 322 g/mol. The lowest BCUT2D eigenvalue weighted by atomic mass is 9.87. The second-order valence-electron chi connectivity index (χ2n) is 8.34. The van der Waals surface area contributed by atoms with E-state index in [-0.39, 0.29) is 17.4 Å². The van der Waals surface area contributed by atoms with Crippen molar-refractivity contribution in [2.75, 3.05) is 19.6 Å². The van der Waals surface area contributed by atoms with Crippen molar-refractivity contribution in [3.8, 4) is 0 Å². The molecule has 2 heterocycles. The first-order chi connectivity index (χ1) is 12.4. The third kappa shape index (κ3) is 4.18. The summed E-state index contributed by atoms with van der Waals surface area (Å²) in [4.78, 5) is 15.1. The minimum atomic E-state index is 0.00358. The lowest BCUT2D eigenvalue weighted by Gasteiger charge is -2.28. The molecule has 140 valence electrons. The molecule has 0 spiro atoms. The van der Waals surface area contributed by atoms with Crippen LogP contribution in [0.1, 0.15) is 61.3 Å². The number of carbonyl (C=O) groups excluding carboxylic acids is 1. The predicted octanol–water partition coefficient (Wildman–Crippen LogP) is 3.89. The van der Waals surface area contributed by atoms with Gasteiger partial charge in [0.2, 0.25) is 0 Å². The number of aromatic nitrogens is 1. The molecule has 0 aliphatic carbocycles. The number of aryl methyl sites for hydroxylation is 1. The third-order valence-corrected chi connectivity index (χ3v) is 5.38. The summed E-state index contributed by atoms with van der Waals surface area (Å²) in [6, 6.07) is 12.5. The van der Waals surface area contributed by atoms with Crippen LogP contribution in [0.15, 0.2) is 42.6 Å². The molecule has 26 heavy (non-hydrogen) atoms. The monoisotopic (exact) mass is 353 g/mol. The maximum Gasteiger partial charge on any atom is 0.251 e. The summed E-state index contributed by atoms with van der Waals surface area (Å²) in [5, 5.41) is 3.16. The zero-order chi connectivity index (χ0) is 18.7. The average molecular weight is 354 g/mol. The highest BCUT2D eigenvalue weighted by Gasteiger charge is 2.25. The number of benzene rings is 1. The van der Waals surface area contributed by atoms with E-state index in [0.29, 0.717) is 6.54 Å². The zero-order valence-corrected chi connectivity index (χ0v) is 16.5. The number of hydrogen-bond donors (Lipinski definition) is 1. The van der Waals surface area contributed by atoms with E-state index in [2.05, 4.69) is 73.1 Å². The molecular formula is C22H31N3O. The Hall–Kier alpha value is -2.07. The summed E-state index contributed by atoms with van der Waals surface area (Å²) in [7, 11) is 2.07. The second-order valence-corrected chi connectivity index (χ2v) is 8.34. The molecule has 1 aromatic carbocycles. The van der Waals surface area contributed by atoms with Gasteiger partial charge >= 0.3 is 0 Å².